The zero-order valence-corrected chi connectivity index (χ0v) is 14.1. The molecule has 0 radical (unpaired) electrons. The van der Waals surface area contributed by atoms with Gasteiger partial charge in [-0.05, 0) is 25.1 Å². The summed E-state index contributed by atoms with van der Waals surface area (Å²) in [7, 11) is 0. The molecule has 0 N–H and O–H groups in total. The van der Waals surface area contributed by atoms with Crippen LogP contribution in [-0.4, -0.2) is 41.1 Å². The van der Waals surface area contributed by atoms with E-state index in [-0.39, 0.29) is 0 Å². The van der Waals surface area contributed by atoms with E-state index in [4.69, 9.17) is 4.98 Å². The van der Waals surface area contributed by atoms with E-state index in [0.717, 1.165) is 54.5 Å². The van der Waals surface area contributed by atoms with Gasteiger partial charge in [0.2, 0.25) is 5.95 Å². The van der Waals surface area contributed by atoms with Crippen molar-refractivity contribution < 1.29 is 0 Å². The Morgan fingerprint density at radius 1 is 1.00 bits per heavy atom. The third kappa shape index (κ3) is 2.96. The van der Waals surface area contributed by atoms with Crippen LogP contribution in [0.1, 0.15) is 11.3 Å². The van der Waals surface area contributed by atoms with Crippen molar-refractivity contribution in [3.63, 3.8) is 0 Å². The molecule has 25 heavy (non-hydrogen) atoms. The Morgan fingerprint density at radius 3 is 2.52 bits per heavy atom. The number of hydrogen-bond acceptors (Lipinski definition) is 6. The SMILES string of the molecule is Cc1ccnc(N2CCN(c3cc(C#N)c4ccccc4n3)CC2)n1. The highest BCUT2D eigenvalue weighted by atomic mass is 15.3. The van der Waals surface area contributed by atoms with E-state index >= 15 is 0 Å². The molecular weight excluding hydrogens is 312 g/mol. The maximum absolute atomic E-state index is 9.45. The molecule has 0 atom stereocenters. The maximum Gasteiger partial charge on any atom is 0.225 e. The minimum Gasteiger partial charge on any atom is -0.353 e. The summed E-state index contributed by atoms with van der Waals surface area (Å²) in [6.45, 7) is 5.30. The quantitative estimate of drug-likeness (QED) is 0.719. The summed E-state index contributed by atoms with van der Waals surface area (Å²) in [5.41, 5.74) is 2.51. The van der Waals surface area contributed by atoms with Crippen molar-refractivity contribution in [2.45, 2.75) is 6.92 Å². The number of rotatable bonds is 2. The van der Waals surface area contributed by atoms with E-state index < -0.39 is 0 Å². The van der Waals surface area contributed by atoms with E-state index in [1.54, 1.807) is 6.20 Å². The van der Waals surface area contributed by atoms with Crippen LogP contribution in [0.2, 0.25) is 0 Å². The van der Waals surface area contributed by atoms with Gasteiger partial charge in [0, 0.05) is 43.5 Å². The fourth-order valence-corrected chi connectivity index (χ4v) is 3.14. The summed E-state index contributed by atoms with van der Waals surface area (Å²) >= 11 is 0. The summed E-state index contributed by atoms with van der Waals surface area (Å²) in [4.78, 5) is 18.0. The minimum absolute atomic E-state index is 0.671. The highest BCUT2D eigenvalue weighted by Crippen LogP contribution is 2.23. The number of benzene rings is 1. The fraction of sp³-hybridized carbons (Fsp3) is 0.263. The number of nitriles is 1. The average Bonchev–Trinajstić information content (AvgIpc) is 2.67. The van der Waals surface area contributed by atoms with E-state index in [9.17, 15) is 5.26 Å². The van der Waals surface area contributed by atoms with Gasteiger partial charge in [-0.3, -0.25) is 0 Å². The molecule has 4 rings (SSSR count). The van der Waals surface area contributed by atoms with Crippen LogP contribution in [0.25, 0.3) is 10.9 Å². The first-order valence-electron chi connectivity index (χ1n) is 8.34. The first-order valence-corrected chi connectivity index (χ1v) is 8.34. The van der Waals surface area contributed by atoms with Crippen LogP contribution >= 0.6 is 0 Å². The van der Waals surface area contributed by atoms with Crippen molar-refractivity contribution in [1.29, 1.82) is 5.26 Å². The van der Waals surface area contributed by atoms with Crippen molar-refractivity contribution in [1.82, 2.24) is 15.0 Å². The smallest absolute Gasteiger partial charge is 0.225 e. The van der Waals surface area contributed by atoms with Crippen LogP contribution < -0.4 is 9.80 Å². The summed E-state index contributed by atoms with van der Waals surface area (Å²) in [6.07, 6.45) is 1.80. The van der Waals surface area contributed by atoms with E-state index in [2.05, 4.69) is 25.8 Å². The number of aromatic nitrogens is 3. The van der Waals surface area contributed by atoms with Crippen LogP contribution in [0.15, 0.2) is 42.6 Å². The Bertz CT molecular complexity index is 954. The molecule has 3 aromatic rings. The van der Waals surface area contributed by atoms with Gasteiger partial charge in [0.1, 0.15) is 5.82 Å². The zero-order valence-electron chi connectivity index (χ0n) is 14.1. The monoisotopic (exact) mass is 330 g/mol. The lowest BCUT2D eigenvalue weighted by Crippen LogP contribution is -2.47. The van der Waals surface area contributed by atoms with Crippen LogP contribution in [-0.2, 0) is 0 Å². The van der Waals surface area contributed by atoms with Gasteiger partial charge in [-0.1, -0.05) is 18.2 Å². The number of anilines is 2. The second kappa shape index (κ2) is 6.36. The van der Waals surface area contributed by atoms with Crippen molar-refractivity contribution in [2.75, 3.05) is 36.0 Å². The Hall–Kier alpha value is -3.20. The third-order valence-electron chi connectivity index (χ3n) is 4.49. The van der Waals surface area contributed by atoms with Crippen molar-refractivity contribution >= 4 is 22.7 Å². The maximum atomic E-state index is 9.45. The molecular formula is C19H18N6. The molecule has 1 fully saturated rings. The van der Waals surface area contributed by atoms with Gasteiger partial charge in [0.05, 0.1) is 17.1 Å². The fourth-order valence-electron chi connectivity index (χ4n) is 3.14. The Morgan fingerprint density at radius 2 is 1.76 bits per heavy atom. The minimum atomic E-state index is 0.671. The molecule has 3 heterocycles. The number of para-hydroxylation sites is 1. The molecule has 0 saturated carbocycles. The first kappa shape index (κ1) is 15.3. The Balaban J connectivity index is 1.57. The molecule has 1 aliphatic heterocycles. The average molecular weight is 330 g/mol. The van der Waals surface area contributed by atoms with Gasteiger partial charge < -0.3 is 9.80 Å². The molecule has 6 heteroatoms. The Kier molecular flexibility index (Phi) is 3.90. The summed E-state index contributed by atoms with van der Waals surface area (Å²) in [6, 6.07) is 13.9. The normalized spacial score (nSPS) is 14.6. The van der Waals surface area contributed by atoms with Gasteiger partial charge in [-0.25, -0.2) is 15.0 Å². The van der Waals surface area contributed by atoms with Crippen molar-refractivity contribution in [3.05, 3.63) is 53.9 Å². The highest BCUT2D eigenvalue weighted by Gasteiger charge is 2.21. The lowest BCUT2D eigenvalue weighted by Gasteiger charge is -2.35. The van der Waals surface area contributed by atoms with Crippen LogP contribution in [0.3, 0.4) is 0 Å². The highest BCUT2D eigenvalue weighted by molar-refractivity contribution is 5.86. The lowest BCUT2D eigenvalue weighted by atomic mass is 10.1. The Labute approximate surface area is 146 Å². The molecule has 0 spiro atoms. The molecule has 0 bridgehead atoms. The van der Waals surface area contributed by atoms with Gasteiger partial charge in [0.25, 0.3) is 0 Å². The predicted molar refractivity (Wildman–Crippen MR) is 97.7 cm³/mol. The molecule has 0 aliphatic carbocycles. The van der Waals surface area contributed by atoms with E-state index in [1.165, 1.54) is 0 Å². The van der Waals surface area contributed by atoms with Crippen molar-refractivity contribution in [3.8, 4) is 6.07 Å². The topological polar surface area (TPSA) is 68.9 Å². The van der Waals surface area contributed by atoms with Crippen LogP contribution in [0, 0.1) is 18.3 Å². The van der Waals surface area contributed by atoms with Crippen LogP contribution in [0.5, 0.6) is 0 Å². The van der Waals surface area contributed by atoms with Gasteiger partial charge in [-0.2, -0.15) is 5.26 Å². The summed E-state index contributed by atoms with van der Waals surface area (Å²) in [5.74, 6) is 1.64. The molecule has 0 amide bonds. The summed E-state index contributed by atoms with van der Waals surface area (Å²) < 4.78 is 0. The third-order valence-corrected chi connectivity index (χ3v) is 4.49. The number of nitrogens with zero attached hydrogens (tertiary/aromatic N) is 6. The summed E-state index contributed by atoms with van der Waals surface area (Å²) in [5, 5.41) is 10.4. The lowest BCUT2D eigenvalue weighted by molar-refractivity contribution is 0.634. The van der Waals surface area contributed by atoms with E-state index in [1.807, 2.05) is 43.3 Å². The van der Waals surface area contributed by atoms with Gasteiger partial charge in [0.15, 0.2) is 0 Å². The largest absolute Gasteiger partial charge is 0.353 e. The molecule has 2 aromatic heterocycles. The van der Waals surface area contributed by atoms with Gasteiger partial charge >= 0.3 is 0 Å². The zero-order chi connectivity index (χ0) is 17.2. The number of aryl methyl sites for hydroxylation is 1. The van der Waals surface area contributed by atoms with Crippen molar-refractivity contribution in [2.24, 2.45) is 0 Å². The standard InChI is InChI=1S/C19H18N6/c1-14-6-7-21-19(22-14)25-10-8-24(9-11-25)18-12-15(13-20)16-4-2-3-5-17(16)23-18/h2-7,12H,8-11H2,1H3. The molecule has 0 unspecified atom stereocenters. The number of piperazine rings is 1. The molecule has 124 valence electrons. The number of pyridine rings is 1. The first-order chi connectivity index (χ1) is 12.2. The molecule has 6 nitrogen and oxygen atoms in total. The molecule has 1 aliphatic rings. The van der Waals surface area contributed by atoms with E-state index in [0.29, 0.717) is 5.56 Å². The second-order valence-corrected chi connectivity index (χ2v) is 6.13. The van der Waals surface area contributed by atoms with Crippen LogP contribution in [0.4, 0.5) is 11.8 Å². The number of fused-ring (bicyclic) bond motifs is 1. The number of hydrogen-bond donors (Lipinski definition) is 0. The predicted octanol–water partition coefficient (Wildman–Crippen LogP) is 2.53. The second-order valence-electron chi connectivity index (χ2n) is 6.13. The van der Waals surface area contributed by atoms with Gasteiger partial charge in [-0.15, -0.1) is 0 Å². The molecule has 1 aromatic carbocycles. The molecule has 1 saturated heterocycles.